The fraction of sp³-hybridized carbons (Fsp3) is 0.364. The normalized spacial score (nSPS) is 16.4. The molecule has 10 heteroatoms. The van der Waals surface area contributed by atoms with E-state index < -0.39 is 5.91 Å². The molecule has 0 aliphatic carbocycles. The molecule has 226 valence electrons. The van der Waals surface area contributed by atoms with Gasteiger partial charge in [0.2, 0.25) is 0 Å². The Morgan fingerprint density at radius 1 is 0.860 bits per heavy atom. The Labute approximate surface area is 252 Å². The summed E-state index contributed by atoms with van der Waals surface area (Å²) in [5, 5.41) is 16.2. The number of rotatable bonds is 10. The molecule has 0 saturated carbocycles. The molecule has 0 unspecified atom stereocenters. The number of piperidine rings is 1. The molecule has 9 nitrogen and oxygen atoms in total. The second-order valence-corrected chi connectivity index (χ2v) is 11.0. The highest BCUT2D eigenvalue weighted by Gasteiger charge is 2.20. The van der Waals surface area contributed by atoms with Gasteiger partial charge in [-0.15, -0.1) is 0 Å². The van der Waals surface area contributed by atoms with Gasteiger partial charge in [0.1, 0.15) is 5.82 Å². The molecule has 0 aromatic heterocycles. The summed E-state index contributed by atoms with van der Waals surface area (Å²) in [5.41, 5.74) is 6.37. The lowest BCUT2D eigenvalue weighted by Gasteiger charge is -2.34. The lowest BCUT2D eigenvalue weighted by Crippen LogP contribution is -2.46. The number of aliphatic hydroxyl groups excluding tert-OH is 1. The molecule has 5 rings (SSSR count). The minimum absolute atomic E-state index is 0.171. The van der Waals surface area contributed by atoms with Crippen LogP contribution in [0.4, 0.5) is 15.8 Å². The Kier molecular flexibility index (Phi) is 10.5. The molecule has 3 aromatic carbocycles. The predicted molar refractivity (Wildman–Crippen MR) is 167 cm³/mol. The molecule has 2 saturated heterocycles. The summed E-state index contributed by atoms with van der Waals surface area (Å²) in [6, 6.07) is 18.9. The molecule has 0 bridgehead atoms. The molecule has 3 N–H and O–H groups in total. The maximum atomic E-state index is 13.4. The van der Waals surface area contributed by atoms with Crippen molar-refractivity contribution < 1.29 is 19.1 Å². The number of aliphatic hydroxyl groups is 1. The highest BCUT2D eigenvalue weighted by molar-refractivity contribution is 6.09. The number of hydrogen-bond acceptors (Lipinski definition) is 7. The van der Waals surface area contributed by atoms with Crippen molar-refractivity contribution in [3.05, 3.63) is 94.8 Å². The minimum Gasteiger partial charge on any atom is -0.395 e. The average molecular weight is 587 g/mol. The summed E-state index contributed by atoms with van der Waals surface area (Å²) < 4.78 is 13.2. The van der Waals surface area contributed by atoms with Crippen LogP contribution in [0, 0.1) is 5.82 Å². The van der Waals surface area contributed by atoms with Gasteiger partial charge in [-0.05, 0) is 72.9 Å². The van der Waals surface area contributed by atoms with Crippen molar-refractivity contribution in [3.63, 3.8) is 0 Å². The van der Waals surface area contributed by atoms with Crippen LogP contribution in [0.2, 0.25) is 0 Å². The van der Waals surface area contributed by atoms with E-state index in [9.17, 15) is 19.1 Å². The van der Waals surface area contributed by atoms with Crippen LogP contribution in [0.5, 0.6) is 0 Å². The number of amides is 2. The molecular weight excluding hydrogens is 547 g/mol. The number of carbonyl (C=O) groups excluding carboxylic acids is 2. The molecule has 2 aliphatic heterocycles. The Morgan fingerprint density at radius 2 is 1.60 bits per heavy atom. The average Bonchev–Trinajstić information content (AvgIpc) is 3.04. The third kappa shape index (κ3) is 8.47. The van der Waals surface area contributed by atoms with Crippen LogP contribution in [0.3, 0.4) is 0 Å². The third-order valence-corrected chi connectivity index (χ3v) is 7.94. The van der Waals surface area contributed by atoms with E-state index in [1.165, 1.54) is 24.8 Å². The molecule has 0 spiro atoms. The highest BCUT2D eigenvalue weighted by atomic mass is 19.1. The van der Waals surface area contributed by atoms with E-state index in [0.717, 1.165) is 69.9 Å². The first-order chi connectivity index (χ1) is 21.0. The summed E-state index contributed by atoms with van der Waals surface area (Å²) in [6.45, 7) is 7.06. The largest absolute Gasteiger partial charge is 0.395 e. The van der Waals surface area contributed by atoms with Crippen LogP contribution < -0.4 is 15.6 Å². The van der Waals surface area contributed by atoms with Gasteiger partial charge in [0.15, 0.2) is 0 Å². The topological polar surface area (TPSA) is 101 Å². The maximum Gasteiger partial charge on any atom is 0.273 e. The van der Waals surface area contributed by atoms with E-state index in [2.05, 4.69) is 30.5 Å². The van der Waals surface area contributed by atoms with E-state index in [1.807, 2.05) is 24.3 Å². The standard InChI is InChI=1S/C33H39FN6O3/c34-28-9-7-25(8-10-28)23-35-37-33(43)30-22-29(40-13-2-1-3-14-40)11-12-31(30)36-32(42)27-6-4-5-26(21-27)24-39-17-15-38(16-18-39)19-20-41/h4-12,21-23,41H,1-3,13-20,24H2,(H,36,42)(H,37,43)/b35-23+. The third-order valence-electron chi connectivity index (χ3n) is 7.94. The SMILES string of the molecule is O=C(Nc1ccc(N2CCCCC2)cc1C(=O)N/N=C/c1ccc(F)cc1)c1cccc(CN2CCN(CCO)CC2)c1. The van der Waals surface area contributed by atoms with Gasteiger partial charge >= 0.3 is 0 Å². The van der Waals surface area contributed by atoms with Crippen molar-refractivity contribution in [2.45, 2.75) is 25.8 Å². The van der Waals surface area contributed by atoms with Gasteiger partial charge in [0.05, 0.1) is 24.1 Å². The molecule has 0 atom stereocenters. The molecule has 2 heterocycles. The lowest BCUT2D eigenvalue weighted by molar-refractivity contribution is 0.0956. The zero-order valence-electron chi connectivity index (χ0n) is 24.3. The number of carbonyl (C=O) groups is 2. The number of anilines is 2. The molecule has 3 aromatic rings. The monoisotopic (exact) mass is 586 g/mol. The Morgan fingerprint density at radius 3 is 2.35 bits per heavy atom. The maximum absolute atomic E-state index is 13.4. The van der Waals surface area contributed by atoms with Gasteiger partial charge in [-0.1, -0.05) is 24.3 Å². The Balaban J connectivity index is 1.29. The summed E-state index contributed by atoms with van der Waals surface area (Å²) in [6.07, 6.45) is 4.82. The van der Waals surface area contributed by atoms with Gasteiger partial charge in [-0.3, -0.25) is 19.4 Å². The second-order valence-electron chi connectivity index (χ2n) is 11.0. The smallest absolute Gasteiger partial charge is 0.273 e. The zero-order chi connectivity index (χ0) is 30.0. The molecule has 43 heavy (non-hydrogen) atoms. The van der Waals surface area contributed by atoms with E-state index in [0.29, 0.717) is 28.9 Å². The summed E-state index contributed by atoms with van der Waals surface area (Å²) >= 11 is 0. The van der Waals surface area contributed by atoms with E-state index in [4.69, 9.17) is 0 Å². The summed E-state index contributed by atoms with van der Waals surface area (Å²) in [7, 11) is 0. The van der Waals surface area contributed by atoms with Crippen molar-refractivity contribution in [1.29, 1.82) is 0 Å². The molecular formula is C33H39FN6O3. The van der Waals surface area contributed by atoms with E-state index in [-0.39, 0.29) is 18.3 Å². The number of hydrazone groups is 1. The fourth-order valence-corrected chi connectivity index (χ4v) is 5.53. The predicted octanol–water partition coefficient (Wildman–Crippen LogP) is 3.94. The van der Waals surface area contributed by atoms with Crippen molar-refractivity contribution in [3.8, 4) is 0 Å². The fourth-order valence-electron chi connectivity index (χ4n) is 5.53. The van der Waals surface area contributed by atoms with Crippen LogP contribution >= 0.6 is 0 Å². The van der Waals surface area contributed by atoms with Crippen LogP contribution in [-0.2, 0) is 6.54 Å². The van der Waals surface area contributed by atoms with Crippen LogP contribution in [-0.4, -0.2) is 85.4 Å². The first kappa shape index (κ1) is 30.3. The van der Waals surface area contributed by atoms with Crippen LogP contribution in [0.1, 0.15) is 51.1 Å². The van der Waals surface area contributed by atoms with Crippen molar-refractivity contribution in [2.75, 3.05) is 62.6 Å². The minimum atomic E-state index is -0.457. The number of nitrogens with one attached hydrogen (secondary N) is 2. The van der Waals surface area contributed by atoms with Gasteiger partial charge < -0.3 is 15.3 Å². The van der Waals surface area contributed by atoms with Crippen LogP contribution in [0.25, 0.3) is 0 Å². The number of hydrogen-bond donors (Lipinski definition) is 3. The number of piperazine rings is 1. The number of nitrogens with zero attached hydrogens (tertiary/aromatic N) is 4. The van der Waals surface area contributed by atoms with Crippen LogP contribution in [0.15, 0.2) is 71.8 Å². The lowest BCUT2D eigenvalue weighted by atomic mass is 10.1. The van der Waals surface area contributed by atoms with E-state index in [1.54, 1.807) is 30.3 Å². The second kappa shape index (κ2) is 14.9. The van der Waals surface area contributed by atoms with Gasteiger partial charge in [0.25, 0.3) is 11.8 Å². The summed E-state index contributed by atoms with van der Waals surface area (Å²) in [5.74, 6) is -1.11. The van der Waals surface area contributed by atoms with Crippen molar-refractivity contribution >= 4 is 29.4 Å². The molecule has 2 amide bonds. The van der Waals surface area contributed by atoms with Gasteiger partial charge in [0, 0.05) is 63.6 Å². The van der Waals surface area contributed by atoms with E-state index >= 15 is 0 Å². The quantitative estimate of drug-likeness (QED) is 0.246. The highest BCUT2D eigenvalue weighted by Crippen LogP contribution is 2.27. The molecule has 2 aliphatic rings. The number of benzene rings is 3. The molecule has 0 radical (unpaired) electrons. The zero-order valence-corrected chi connectivity index (χ0v) is 24.3. The Bertz CT molecular complexity index is 1420. The Hall–Kier alpha value is -4.12. The van der Waals surface area contributed by atoms with Crippen molar-refractivity contribution in [1.82, 2.24) is 15.2 Å². The number of halogens is 1. The summed E-state index contributed by atoms with van der Waals surface area (Å²) in [4.78, 5) is 33.6. The van der Waals surface area contributed by atoms with Gasteiger partial charge in [-0.2, -0.15) is 5.10 Å². The van der Waals surface area contributed by atoms with Gasteiger partial charge in [-0.25, -0.2) is 9.82 Å². The number of β-amino-alcohol motifs (C(OH)–C–C–N with tert-alkyl or cyclic N) is 1. The molecule has 2 fully saturated rings. The van der Waals surface area contributed by atoms with Crippen molar-refractivity contribution in [2.24, 2.45) is 5.10 Å². The first-order valence-corrected chi connectivity index (χ1v) is 14.9. The first-order valence-electron chi connectivity index (χ1n) is 14.9.